The molecule has 0 aliphatic carbocycles. The number of unbranched alkanes of at least 4 members (excludes halogenated alkanes) is 2. The minimum absolute atomic E-state index is 0.0639. The molecular formula is C8H20Al2O. The maximum Gasteiger partial charge on any atom is 0.404 e. The normalized spacial score (nSPS) is 10.5. The molecule has 0 rings (SSSR count). The molecule has 0 radical (unpaired) electrons. The third-order valence-corrected chi connectivity index (χ3v) is 4.30. The van der Waals surface area contributed by atoms with Gasteiger partial charge in [-0.3, -0.25) is 0 Å². The zero-order valence-corrected chi connectivity index (χ0v) is 11.6. The molecule has 0 aromatic rings. The van der Waals surface area contributed by atoms with E-state index in [1.54, 1.807) is 0 Å². The zero-order chi connectivity index (χ0) is 8.53. The van der Waals surface area contributed by atoms with Gasteiger partial charge in [0.15, 0.2) is 0 Å². The van der Waals surface area contributed by atoms with Crippen molar-refractivity contribution in [3.63, 3.8) is 0 Å². The molecule has 0 bridgehead atoms. The average molecular weight is 186 g/mol. The molecule has 0 amide bonds. The fraction of sp³-hybridized carbons (Fsp3) is 1.00. The predicted molar refractivity (Wildman–Crippen MR) is 54.9 cm³/mol. The van der Waals surface area contributed by atoms with Gasteiger partial charge in [0.05, 0.1) is 0 Å². The van der Waals surface area contributed by atoms with Gasteiger partial charge in [-0.15, -0.1) is 0 Å². The highest BCUT2D eigenvalue weighted by atomic mass is 27.2. The molecular weight excluding hydrogens is 166 g/mol. The standard InChI is InChI=1S/C8H17.2Al.O.3H/c1-4-5-6-7-8(2)3;;;;;;/h8H,1,4-7H2,2-3H3;;;;;;. The SMILES string of the molecule is CC(C)CCCC[CH2][AlH][O][AlH2]. The van der Waals surface area contributed by atoms with Crippen molar-refractivity contribution in [1.82, 2.24) is 0 Å². The Bertz CT molecular complexity index is 76.5. The van der Waals surface area contributed by atoms with Crippen LogP contribution in [-0.2, 0) is 2.84 Å². The van der Waals surface area contributed by atoms with Gasteiger partial charge in [0.2, 0.25) is 0 Å². The van der Waals surface area contributed by atoms with Crippen LogP contribution in [0.3, 0.4) is 0 Å². The van der Waals surface area contributed by atoms with Gasteiger partial charge in [-0.1, -0.05) is 44.8 Å². The molecule has 0 saturated carbocycles. The van der Waals surface area contributed by atoms with Crippen LogP contribution in [0.4, 0.5) is 0 Å². The van der Waals surface area contributed by atoms with E-state index in [4.69, 9.17) is 2.84 Å². The van der Waals surface area contributed by atoms with Crippen LogP contribution in [0.5, 0.6) is 0 Å². The summed E-state index contributed by atoms with van der Waals surface area (Å²) in [7, 11) is 0. The van der Waals surface area contributed by atoms with Gasteiger partial charge in [-0.2, -0.15) is 0 Å². The topological polar surface area (TPSA) is 9.23 Å². The second kappa shape index (κ2) is 9.12. The summed E-state index contributed by atoms with van der Waals surface area (Å²) in [6.07, 6.45) is 5.67. The van der Waals surface area contributed by atoms with E-state index in [0.717, 1.165) is 22.5 Å². The number of hydrogen-bond donors (Lipinski definition) is 0. The van der Waals surface area contributed by atoms with E-state index >= 15 is 0 Å². The van der Waals surface area contributed by atoms with Crippen LogP contribution in [0.2, 0.25) is 5.28 Å². The van der Waals surface area contributed by atoms with Crippen molar-refractivity contribution in [2.24, 2.45) is 5.92 Å². The van der Waals surface area contributed by atoms with Crippen molar-refractivity contribution in [2.75, 3.05) is 0 Å². The third-order valence-electron chi connectivity index (χ3n) is 1.88. The second-order valence-electron chi connectivity index (χ2n) is 3.59. The minimum atomic E-state index is -0.0639. The minimum Gasteiger partial charge on any atom is -0.644 e. The summed E-state index contributed by atoms with van der Waals surface area (Å²) < 4.78 is 5.25. The van der Waals surface area contributed by atoms with Crippen LogP contribution < -0.4 is 0 Å². The van der Waals surface area contributed by atoms with Crippen molar-refractivity contribution in [3.05, 3.63) is 0 Å². The quantitative estimate of drug-likeness (QED) is 0.433. The molecule has 11 heavy (non-hydrogen) atoms. The Labute approximate surface area is 85.7 Å². The van der Waals surface area contributed by atoms with E-state index in [-0.39, 0.29) is 15.6 Å². The largest absolute Gasteiger partial charge is 0.644 e. The summed E-state index contributed by atoms with van der Waals surface area (Å²) >= 11 is 0.903. The fourth-order valence-electron chi connectivity index (χ4n) is 1.15. The van der Waals surface area contributed by atoms with Crippen LogP contribution >= 0.6 is 0 Å². The Morgan fingerprint density at radius 2 is 2.00 bits per heavy atom. The Balaban J connectivity index is 2.80. The van der Waals surface area contributed by atoms with Gasteiger partial charge in [0.1, 0.15) is 0 Å². The lowest BCUT2D eigenvalue weighted by Gasteiger charge is -2.03. The third kappa shape index (κ3) is 11.0. The summed E-state index contributed by atoms with van der Waals surface area (Å²) in [5.74, 6) is 0.891. The first-order valence-corrected chi connectivity index (χ1v) is 7.15. The zero-order valence-electron chi connectivity index (χ0n) is 8.23. The fourth-order valence-corrected chi connectivity index (χ4v) is 2.86. The van der Waals surface area contributed by atoms with E-state index < -0.39 is 0 Å². The van der Waals surface area contributed by atoms with E-state index in [2.05, 4.69) is 13.8 Å². The Hall–Kier alpha value is 1.02. The highest BCUT2D eigenvalue weighted by Crippen LogP contribution is 2.09. The van der Waals surface area contributed by atoms with Crippen LogP contribution in [0.15, 0.2) is 0 Å². The molecule has 1 nitrogen and oxygen atoms in total. The van der Waals surface area contributed by atoms with Crippen molar-refractivity contribution in [2.45, 2.75) is 44.8 Å². The lowest BCUT2D eigenvalue weighted by Crippen LogP contribution is -1.94. The summed E-state index contributed by atoms with van der Waals surface area (Å²) in [6, 6.07) is 0. The molecule has 0 N–H and O–H groups in total. The lowest BCUT2D eigenvalue weighted by molar-refractivity contribution is 0.531. The van der Waals surface area contributed by atoms with Crippen molar-refractivity contribution in [1.29, 1.82) is 0 Å². The second-order valence-corrected chi connectivity index (χ2v) is 7.01. The number of hydrogen-bond acceptors (Lipinski definition) is 1. The van der Waals surface area contributed by atoms with E-state index in [9.17, 15) is 0 Å². The average Bonchev–Trinajstić information content (AvgIpc) is 1.96. The Kier molecular flexibility index (Phi) is 9.96. The van der Waals surface area contributed by atoms with Gasteiger partial charge in [-0.25, -0.2) is 0 Å². The van der Waals surface area contributed by atoms with Crippen LogP contribution in [0.1, 0.15) is 39.5 Å². The summed E-state index contributed by atoms with van der Waals surface area (Å²) in [5, 5.41) is 1.40. The van der Waals surface area contributed by atoms with Gasteiger partial charge in [-0.05, 0) is 5.92 Å². The highest BCUT2D eigenvalue weighted by molar-refractivity contribution is 6.34. The molecule has 0 atom stereocenters. The molecule has 0 fully saturated rings. The van der Waals surface area contributed by atoms with Gasteiger partial charge < -0.3 is 2.84 Å². The molecule has 0 aromatic carbocycles. The molecule has 64 valence electrons. The van der Waals surface area contributed by atoms with Crippen molar-refractivity contribution < 1.29 is 2.84 Å². The monoisotopic (exact) mass is 186 g/mol. The first kappa shape index (κ1) is 12.0. The maximum atomic E-state index is 5.25. The smallest absolute Gasteiger partial charge is 0.404 e. The Morgan fingerprint density at radius 3 is 2.55 bits per heavy atom. The predicted octanol–water partition coefficient (Wildman–Crippen LogP) is 1.54. The summed E-state index contributed by atoms with van der Waals surface area (Å²) in [6.45, 7) is 4.60. The number of rotatable bonds is 7. The van der Waals surface area contributed by atoms with Gasteiger partial charge in [0, 0.05) is 0 Å². The van der Waals surface area contributed by atoms with Crippen LogP contribution in [0.25, 0.3) is 0 Å². The molecule has 3 heteroatoms. The molecule has 0 saturated heterocycles. The molecule has 0 aliphatic rings. The van der Waals surface area contributed by atoms with E-state index in [0.29, 0.717) is 0 Å². The van der Waals surface area contributed by atoms with Gasteiger partial charge in [0.25, 0.3) is 0 Å². The molecule has 0 aliphatic heterocycles. The summed E-state index contributed by atoms with van der Waals surface area (Å²) in [5.41, 5.74) is 0. The van der Waals surface area contributed by atoms with Crippen LogP contribution in [-0.4, -0.2) is 32.2 Å². The van der Waals surface area contributed by atoms with E-state index in [1.807, 2.05) is 0 Å². The lowest BCUT2D eigenvalue weighted by atomic mass is 10.1. The molecule has 0 unspecified atom stereocenters. The summed E-state index contributed by atoms with van der Waals surface area (Å²) in [4.78, 5) is 0. The van der Waals surface area contributed by atoms with Gasteiger partial charge >= 0.3 is 32.2 Å². The first-order chi connectivity index (χ1) is 5.27. The maximum absolute atomic E-state index is 5.25. The Morgan fingerprint density at radius 1 is 1.27 bits per heavy atom. The highest BCUT2D eigenvalue weighted by Gasteiger charge is 1.95. The molecule has 0 aromatic heterocycles. The van der Waals surface area contributed by atoms with Crippen molar-refractivity contribution >= 4 is 32.2 Å². The molecule has 0 spiro atoms. The van der Waals surface area contributed by atoms with Crippen LogP contribution in [0, 0.1) is 5.92 Å². The van der Waals surface area contributed by atoms with Crippen molar-refractivity contribution in [3.8, 4) is 0 Å². The van der Waals surface area contributed by atoms with E-state index in [1.165, 1.54) is 31.0 Å². The first-order valence-electron chi connectivity index (χ1n) is 4.76. The molecule has 0 heterocycles.